The molecule has 1 rings (SSSR count). The Kier molecular flexibility index (Phi) is 5.72. The maximum atomic E-state index is 9.71. The van der Waals surface area contributed by atoms with E-state index in [1.165, 1.54) is 0 Å². The highest BCUT2D eigenvalue weighted by atomic mass is 127. The molecule has 1 heterocycles. The van der Waals surface area contributed by atoms with E-state index in [9.17, 15) is 10.2 Å². The summed E-state index contributed by atoms with van der Waals surface area (Å²) in [7, 11) is 0. The summed E-state index contributed by atoms with van der Waals surface area (Å²) in [5.41, 5.74) is 0. The molecule has 0 aromatic carbocycles. The number of alkyl halides is 2. The standard InChI is InChI=1S/C7H12I2O4/c8-1-4(10)7-6(11)5(2-9)12-3-13-7/h4-7,10-11H,1-3H2/t4-,5+,6+,7+/m1/s1. The molecule has 0 spiro atoms. The average Bonchev–Trinajstić information content (AvgIpc) is 2.17. The van der Waals surface area contributed by atoms with Gasteiger partial charge in [0.25, 0.3) is 0 Å². The number of rotatable bonds is 3. The third-order valence-corrected chi connectivity index (χ3v) is 3.72. The number of hydrogen-bond donors (Lipinski definition) is 2. The first-order valence-corrected chi connectivity index (χ1v) is 6.97. The second kappa shape index (κ2) is 6.01. The highest BCUT2D eigenvalue weighted by molar-refractivity contribution is 14.1. The van der Waals surface area contributed by atoms with Crippen LogP contribution in [-0.4, -0.2) is 50.3 Å². The van der Waals surface area contributed by atoms with Crippen LogP contribution in [0, 0.1) is 0 Å². The topological polar surface area (TPSA) is 58.9 Å². The lowest BCUT2D eigenvalue weighted by Crippen LogP contribution is -2.52. The normalized spacial score (nSPS) is 37.4. The van der Waals surface area contributed by atoms with Crippen molar-refractivity contribution >= 4 is 45.2 Å². The molecule has 0 radical (unpaired) electrons. The average molecular weight is 414 g/mol. The highest BCUT2D eigenvalue weighted by Crippen LogP contribution is 2.19. The van der Waals surface area contributed by atoms with E-state index in [-0.39, 0.29) is 12.9 Å². The van der Waals surface area contributed by atoms with Crippen molar-refractivity contribution in [2.45, 2.75) is 24.4 Å². The molecule has 0 bridgehead atoms. The van der Waals surface area contributed by atoms with E-state index in [2.05, 4.69) is 45.2 Å². The maximum Gasteiger partial charge on any atom is 0.147 e. The second-order valence-corrected chi connectivity index (χ2v) is 4.58. The van der Waals surface area contributed by atoms with Gasteiger partial charge in [-0.3, -0.25) is 0 Å². The van der Waals surface area contributed by atoms with Crippen LogP contribution in [-0.2, 0) is 9.47 Å². The fourth-order valence-corrected chi connectivity index (χ4v) is 2.45. The van der Waals surface area contributed by atoms with Crippen LogP contribution in [0.2, 0.25) is 0 Å². The van der Waals surface area contributed by atoms with Crippen molar-refractivity contribution in [3.63, 3.8) is 0 Å². The van der Waals surface area contributed by atoms with Crippen LogP contribution in [0.4, 0.5) is 0 Å². The number of halogens is 2. The Morgan fingerprint density at radius 2 is 2.08 bits per heavy atom. The molecular weight excluding hydrogens is 402 g/mol. The van der Waals surface area contributed by atoms with Gasteiger partial charge in [0.2, 0.25) is 0 Å². The molecule has 0 unspecified atom stereocenters. The molecule has 1 aliphatic heterocycles. The Morgan fingerprint density at radius 3 is 2.62 bits per heavy atom. The Hall–Kier alpha value is 1.30. The first-order valence-electron chi connectivity index (χ1n) is 3.92. The molecule has 0 aromatic rings. The molecule has 4 atom stereocenters. The van der Waals surface area contributed by atoms with Gasteiger partial charge in [-0.05, 0) is 0 Å². The van der Waals surface area contributed by atoms with Gasteiger partial charge in [0.05, 0.1) is 12.2 Å². The molecule has 6 heteroatoms. The van der Waals surface area contributed by atoms with Crippen molar-refractivity contribution < 1.29 is 19.7 Å². The molecular formula is C7H12I2O4. The Bertz CT molecular complexity index is 157. The van der Waals surface area contributed by atoms with Crippen LogP contribution in [0.3, 0.4) is 0 Å². The zero-order chi connectivity index (χ0) is 9.84. The van der Waals surface area contributed by atoms with E-state index in [1.54, 1.807) is 0 Å². The minimum atomic E-state index is -0.726. The van der Waals surface area contributed by atoms with E-state index in [4.69, 9.17) is 9.47 Å². The third kappa shape index (κ3) is 3.13. The molecule has 2 N–H and O–H groups in total. The van der Waals surface area contributed by atoms with Crippen LogP contribution in [0.15, 0.2) is 0 Å². The summed E-state index contributed by atoms with van der Waals surface area (Å²) in [6.45, 7) is 0.156. The second-order valence-electron chi connectivity index (χ2n) is 2.82. The Labute approximate surface area is 104 Å². The molecule has 78 valence electrons. The smallest absolute Gasteiger partial charge is 0.147 e. The molecule has 1 aliphatic rings. The predicted octanol–water partition coefficient (Wildman–Crippen LogP) is 0.320. The molecule has 1 fully saturated rings. The first-order chi connectivity index (χ1) is 6.20. The van der Waals surface area contributed by atoms with Gasteiger partial charge < -0.3 is 19.7 Å². The fraction of sp³-hybridized carbons (Fsp3) is 1.00. The predicted molar refractivity (Wildman–Crippen MR) is 64.4 cm³/mol. The van der Waals surface area contributed by atoms with E-state index in [1.807, 2.05) is 0 Å². The largest absolute Gasteiger partial charge is 0.390 e. The summed E-state index contributed by atoms with van der Waals surface area (Å²) < 4.78 is 11.6. The molecule has 0 aromatic heterocycles. The number of ether oxygens (including phenoxy) is 2. The van der Waals surface area contributed by atoms with Crippen molar-refractivity contribution in [1.29, 1.82) is 0 Å². The summed E-state index contributed by atoms with van der Waals surface area (Å²) in [6, 6.07) is 0. The molecule has 13 heavy (non-hydrogen) atoms. The van der Waals surface area contributed by atoms with Crippen molar-refractivity contribution in [2.24, 2.45) is 0 Å². The summed E-state index contributed by atoms with van der Waals surface area (Å²) >= 11 is 4.20. The van der Waals surface area contributed by atoms with Crippen LogP contribution in [0.5, 0.6) is 0 Å². The fourth-order valence-electron chi connectivity index (χ4n) is 1.18. The van der Waals surface area contributed by atoms with Gasteiger partial charge in [0.15, 0.2) is 0 Å². The third-order valence-electron chi connectivity index (χ3n) is 1.95. The lowest BCUT2D eigenvalue weighted by molar-refractivity contribution is -0.241. The quantitative estimate of drug-likeness (QED) is 0.517. The summed E-state index contributed by atoms with van der Waals surface area (Å²) in [4.78, 5) is 0. The van der Waals surface area contributed by atoms with Crippen molar-refractivity contribution in [1.82, 2.24) is 0 Å². The Balaban J connectivity index is 2.54. The van der Waals surface area contributed by atoms with Crippen LogP contribution in [0.25, 0.3) is 0 Å². The number of aliphatic hydroxyl groups excluding tert-OH is 2. The van der Waals surface area contributed by atoms with E-state index in [0.717, 1.165) is 0 Å². The van der Waals surface area contributed by atoms with Gasteiger partial charge in [0, 0.05) is 8.86 Å². The Morgan fingerprint density at radius 1 is 1.38 bits per heavy atom. The van der Waals surface area contributed by atoms with Crippen LogP contribution < -0.4 is 0 Å². The maximum absolute atomic E-state index is 9.71. The molecule has 4 nitrogen and oxygen atoms in total. The van der Waals surface area contributed by atoms with Crippen molar-refractivity contribution in [2.75, 3.05) is 15.6 Å². The minimum absolute atomic E-state index is 0.156. The van der Waals surface area contributed by atoms with Crippen LogP contribution in [0.1, 0.15) is 0 Å². The molecule has 0 amide bonds. The van der Waals surface area contributed by atoms with Gasteiger partial charge in [-0.2, -0.15) is 0 Å². The van der Waals surface area contributed by atoms with Gasteiger partial charge >= 0.3 is 0 Å². The number of hydrogen-bond acceptors (Lipinski definition) is 4. The summed E-state index contributed by atoms with van der Waals surface area (Å²) in [5.74, 6) is 0. The highest BCUT2D eigenvalue weighted by Gasteiger charge is 2.36. The summed E-state index contributed by atoms with van der Waals surface area (Å²) in [6.07, 6.45) is -2.08. The summed E-state index contributed by atoms with van der Waals surface area (Å²) in [5, 5.41) is 19.2. The van der Waals surface area contributed by atoms with Gasteiger partial charge in [-0.15, -0.1) is 0 Å². The SMILES string of the molecule is O[C@@H]1[C@H]([C@H](O)CI)OCO[C@H]1CI. The lowest BCUT2D eigenvalue weighted by Gasteiger charge is -2.35. The molecule has 0 saturated carbocycles. The molecule has 1 saturated heterocycles. The first kappa shape index (κ1) is 12.4. The molecule has 0 aliphatic carbocycles. The van der Waals surface area contributed by atoms with Crippen molar-refractivity contribution in [3.8, 4) is 0 Å². The lowest BCUT2D eigenvalue weighted by atomic mass is 10.0. The van der Waals surface area contributed by atoms with E-state index in [0.29, 0.717) is 8.86 Å². The zero-order valence-electron chi connectivity index (χ0n) is 6.90. The van der Waals surface area contributed by atoms with Gasteiger partial charge in [-0.25, -0.2) is 0 Å². The zero-order valence-corrected chi connectivity index (χ0v) is 11.2. The van der Waals surface area contributed by atoms with Crippen LogP contribution >= 0.6 is 45.2 Å². The monoisotopic (exact) mass is 414 g/mol. The van der Waals surface area contributed by atoms with Crippen molar-refractivity contribution in [3.05, 3.63) is 0 Å². The van der Waals surface area contributed by atoms with Gasteiger partial charge in [-0.1, -0.05) is 45.2 Å². The van der Waals surface area contributed by atoms with E-state index >= 15 is 0 Å². The minimum Gasteiger partial charge on any atom is -0.390 e. The van der Waals surface area contributed by atoms with E-state index < -0.39 is 18.3 Å². The van der Waals surface area contributed by atoms with Gasteiger partial charge in [0.1, 0.15) is 19.0 Å². The number of aliphatic hydroxyl groups is 2.